The number of ether oxygens (including phenoxy) is 1. The molecule has 0 bridgehead atoms. The summed E-state index contributed by atoms with van der Waals surface area (Å²) in [6, 6.07) is 5.40. The number of phenols is 1. The molecule has 1 aromatic rings. The summed E-state index contributed by atoms with van der Waals surface area (Å²) >= 11 is 0. The Morgan fingerprint density at radius 3 is 2.41 bits per heavy atom. The van der Waals surface area contributed by atoms with Crippen LogP contribution in [0.3, 0.4) is 0 Å². The number of amides is 2. The topological polar surface area (TPSA) is 154 Å². The first-order valence-corrected chi connectivity index (χ1v) is 8.86. The van der Waals surface area contributed by atoms with Gasteiger partial charge in [-0.1, -0.05) is 18.6 Å². The number of hydrogen-bond donors (Lipinski definition) is 5. The van der Waals surface area contributed by atoms with Crippen LogP contribution in [0.15, 0.2) is 24.3 Å². The number of nitrogens with one attached hydrogen (secondary N) is 2. The van der Waals surface area contributed by atoms with E-state index in [0.29, 0.717) is 13.1 Å². The predicted octanol–water partition coefficient (Wildman–Crippen LogP) is -0.483. The second-order valence-corrected chi connectivity index (χ2v) is 6.39. The summed E-state index contributed by atoms with van der Waals surface area (Å²) in [6.07, 6.45) is 0.489. The molecule has 0 saturated carbocycles. The van der Waals surface area contributed by atoms with Crippen LogP contribution in [-0.2, 0) is 25.5 Å². The number of rotatable bonds is 11. The molecule has 0 unspecified atom stereocenters. The van der Waals surface area contributed by atoms with Gasteiger partial charge in [0.1, 0.15) is 11.8 Å². The fourth-order valence-electron chi connectivity index (χ4n) is 2.61. The number of benzene rings is 1. The maximum absolute atomic E-state index is 12.5. The Hall–Kier alpha value is -2.65. The van der Waals surface area contributed by atoms with Crippen LogP contribution in [0.4, 0.5) is 0 Å². The van der Waals surface area contributed by atoms with Crippen molar-refractivity contribution in [3.63, 3.8) is 0 Å². The zero-order valence-electron chi connectivity index (χ0n) is 14.9. The van der Waals surface area contributed by atoms with Crippen LogP contribution in [0, 0.1) is 0 Å². The molecule has 2 rings (SSSR count). The van der Waals surface area contributed by atoms with Crippen molar-refractivity contribution in [1.29, 1.82) is 0 Å². The first-order chi connectivity index (χ1) is 12.9. The van der Waals surface area contributed by atoms with Gasteiger partial charge in [-0.15, -0.1) is 0 Å². The Morgan fingerprint density at radius 2 is 1.81 bits per heavy atom. The minimum atomic E-state index is -1.21. The van der Waals surface area contributed by atoms with E-state index in [4.69, 9.17) is 15.6 Å². The van der Waals surface area contributed by atoms with Gasteiger partial charge in [-0.2, -0.15) is 0 Å². The van der Waals surface area contributed by atoms with Crippen LogP contribution in [0.2, 0.25) is 0 Å². The summed E-state index contributed by atoms with van der Waals surface area (Å²) in [6.45, 7) is 1.05. The molecule has 1 fully saturated rings. The highest BCUT2D eigenvalue weighted by Gasteiger charge is 2.51. The van der Waals surface area contributed by atoms with Crippen molar-refractivity contribution in [2.75, 3.05) is 13.1 Å². The Morgan fingerprint density at radius 1 is 1.11 bits per heavy atom. The standard InChI is InChI=1S/C18H25N3O6/c19-8-2-1-3-9-20-16(23)13(10-11-4-6-12(22)7-5-11)21-17(24)14-15(27-14)18(25)26/h4-7,13-15,22H,1-3,8-10,19H2,(H,20,23)(H,21,24)(H,25,26)/t13-,14-,15-/m0/s1. The number of carboxylic acids is 1. The molecular weight excluding hydrogens is 354 g/mol. The van der Waals surface area contributed by atoms with Crippen LogP contribution in [0.25, 0.3) is 0 Å². The SMILES string of the molecule is NCCCCCNC(=O)[C@H](Cc1ccc(O)cc1)NC(=O)[C@H]1O[C@@H]1C(=O)O. The Balaban J connectivity index is 1.94. The lowest BCUT2D eigenvalue weighted by Crippen LogP contribution is -2.49. The lowest BCUT2D eigenvalue weighted by molar-refractivity contribution is -0.138. The van der Waals surface area contributed by atoms with Crippen LogP contribution >= 0.6 is 0 Å². The number of aliphatic carboxylic acids is 1. The number of aromatic hydroxyl groups is 1. The van der Waals surface area contributed by atoms with Gasteiger partial charge < -0.3 is 31.3 Å². The lowest BCUT2D eigenvalue weighted by Gasteiger charge is -2.18. The molecule has 148 valence electrons. The normalized spacial score (nSPS) is 19.1. The molecule has 1 saturated heterocycles. The summed E-state index contributed by atoms with van der Waals surface area (Å²) in [5.74, 6) is -2.12. The van der Waals surface area contributed by atoms with Crippen LogP contribution in [0.5, 0.6) is 5.75 Å². The highest BCUT2D eigenvalue weighted by Crippen LogP contribution is 2.22. The first-order valence-electron chi connectivity index (χ1n) is 8.86. The summed E-state index contributed by atoms with van der Waals surface area (Å²) < 4.78 is 4.82. The average molecular weight is 379 g/mol. The van der Waals surface area contributed by atoms with E-state index >= 15 is 0 Å². The number of unbranched alkanes of at least 4 members (excludes halogenated alkanes) is 2. The number of nitrogens with two attached hydrogens (primary N) is 1. The zero-order chi connectivity index (χ0) is 19.8. The fourth-order valence-corrected chi connectivity index (χ4v) is 2.61. The number of epoxide rings is 1. The van der Waals surface area contributed by atoms with E-state index in [2.05, 4.69) is 10.6 Å². The molecule has 1 heterocycles. The first kappa shape index (κ1) is 20.7. The number of carboxylic acid groups (broad SMARTS) is 1. The molecule has 1 aromatic carbocycles. The van der Waals surface area contributed by atoms with Crippen molar-refractivity contribution in [1.82, 2.24) is 10.6 Å². The maximum atomic E-state index is 12.5. The smallest absolute Gasteiger partial charge is 0.336 e. The molecule has 9 heteroatoms. The third-order valence-electron chi connectivity index (χ3n) is 4.18. The van der Waals surface area contributed by atoms with Gasteiger partial charge in [-0.25, -0.2) is 4.79 Å². The van der Waals surface area contributed by atoms with Crippen LogP contribution in [-0.4, -0.2) is 59.3 Å². The number of phenolic OH excluding ortho intramolecular Hbond substituents is 1. The fraction of sp³-hybridized carbons (Fsp3) is 0.500. The van der Waals surface area contributed by atoms with Crippen LogP contribution in [0.1, 0.15) is 24.8 Å². The van der Waals surface area contributed by atoms with Gasteiger partial charge in [-0.3, -0.25) is 9.59 Å². The third kappa shape index (κ3) is 6.54. The van der Waals surface area contributed by atoms with Gasteiger partial charge in [0.15, 0.2) is 12.2 Å². The van der Waals surface area contributed by atoms with E-state index in [-0.39, 0.29) is 18.1 Å². The van der Waals surface area contributed by atoms with E-state index in [9.17, 15) is 19.5 Å². The zero-order valence-corrected chi connectivity index (χ0v) is 14.9. The molecule has 0 aliphatic carbocycles. The van der Waals surface area contributed by atoms with Crippen molar-refractivity contribution < 1.29 is 29.3 Å². The summed E-state index contributed by atoms with van der Waals surface area (Å²) in [7, 11) is 0. The highest BCUT2D eigenvalue weighted by molar-refractivity contribution is 5.95. The van der Waals surface area contributed by atoms with E-state index in [1.165, 1.54) is 12.1 Å². The Bertz CT molecular complexity index is 664. The van der Waals surface area contributed by atoms with E-state index in [0.717, 1.165) is 24.8 Å². The minimum Gasteiger partial charge on any atom is -0.508 e. The molecule has 0 radical (unpaired) electrons. The molecule has 6 N–H and O–H groups in total. The van der Waals surface area contributed by atoms with Crippen molar-refractivity contribution in [2.24, 2.45) is 5.73 Å². The molecule has 1 aliphatic rings. The Kier molecular flexibility index (Phi) is 7.56. The van der Waals surface area contributed by atoms with Crippen molar-refractivity contribution in [3.8, 4) is 5.75 Å². The molecule has 27 heavy (non-hydrogen) atoms. The molecule has 1 aliphatic heterocycles. The highest BCUT2D eigenvalue weighted by atomic mass is 16.6. The van der Waals surface area contributed by atoms with E-state index < -0.39 is 30.1 Å². The second kappa shape index (κ2) is 9.89. The number of carbonyl (C=O) groups excluding carboxylic acids is 2. The maximum Gasteiger partial charge on any atom is 0.336 e. The molecule has 2 amide bonds. The Labute approximate surface area is 156 Å². The monoisotopic (exact) mass is 379 g/mol. The van der Waals surface area contributed by atoms with Gasteiger partial charge in [0.2, 0.25) is 5.91 Å². The number of hydrogen-bond acceptors (Lipinski definition) is 6. The van der Waals surface area contributed by atoms with Crippen LogP contribution < -0.4 is 16.4 Å². The van der Waals surface area contributed by atoms with Gasteiger partial charge in [-0.05, 0) is 37.1 Å². The molecule has 9 nitrogen and oxygen atoms in total. The van der Waals surface area contributed by atoms with Gasteiger partial charge >= 0.3 is 5.97 Å². The average Bonchev–Trinajstić information content (AvgIpc) is 3.44. The third-order valence-corrected chi connectivity index (χ3v) is 4.18. The summed E-state index contributed by atoms with van der Waals surface area (Å²) in [5.41, 5.74) is 6.17. The molecule has 3 atom stereocenters. The van der Waals surface area contributed by atoms with Crippen molar-refractivity contribution >= 4 is 17.8 Å². The lowest BCUT2D eigenvalue weighted by atomic mass is 10.0. The molecular formula is C18H25N3O6. The quantitative estimate of drug-likeness (QED) is 0.257. The molecule has 0 aromatic heterocycles. The van der Waals surface area contributed by atoms with Gasteiger partial charge in [0.05, 0.1) is 0 Å². The van der Waals surface area contributed by atoms with Gasteiger partial charge in [0.25, 0.3) is 5.91 Å². The molecule has 0 spiro atoms. The van der Waals surface area contributed by atoms with Gasteiger partial charge in [0, 0.05) is 13.0 Å². The predicted molar refractivity (Wildman–Crippen MR) is 96.0 cm³/mol. The van der Waals surface area contributed by atoms with E-state index in [1.54, 1.807) is 12.1 Å². The largest absolute Gasteiger partial charge is 0.508 e. The second-order valence-electron chi connectivity index (χ2n) is 6.39. The number of carbonyl (C=O) groups is 3. The van der Waals surface area contributed by atoms with Crippen molar-refractivity contribution in [2.45, 2.75) is 43.9 Å². The summed E-state index contributed by atoms with van der Waals surface area (Å²) in [5, 5.41) is 23.5. The van der Waals surface area contributed by atoms with E-state index in [1.807, 2.05) is 0 Å². The summed E-state index contributed by atoms with van der Waals surface area (Å²) in [4.78, 5) is 35.5. The minimum absolute atomic E-state index is 0.0966. The van der Waals surface area contributed by atoms with Crippen molar-refractivity contribution in [3.05, 3.63) is 29.8 Å².